The molecule has 24 heavy (non-hydrogen) atoms. The van der Waals surface area contributed by atoms with Crippen molar-refractivity contribution in [3.63, 3.8) is 0 Å². The van der Waals surface area contributed by atoms with Crippen molar-refractivity contribution in [3.8, 4) is 11.1 Å². The zero-order valence-corrected chi connectivity index (χ0v) is 13.6. The highest BCUT2D eigenvalue weighted by Gasteiger charge is 2.16. The second-order valence-electron chi connectivity index (χ2n) is 5.09. The molecule has 7 nitrogen and oxygen atoms in total. The molecule has 7 heteroatoms. The van der Waals surface area contributed by atoms with Gasteiger partial charge in [-0.25, -0.2) is 14.3 Å². The number of hydrogen-bond acceptors (Lipinski definition) is 6. The van der Waals surface area contributed by atoms with Crippen molar-refractivity contribution >= 4 is 11.6 Å². The number of nitrogens with zero attached hydrogens (tertiary/aromatic N) is 3. The summed E-state index contributed by atoms with van der Waals surface area (Å²) in [5, 5.41) is 4.11. The van der Waals surface area contributed by atoms with Crippen molar-refractivity contribution in [2.75, 3.05) is 21.3 Å². The lowest BCUT2D eigenvalue weighted by atomic mass is 10.0. The molecule has 0 amide bonds. The van der Waals surface area contributed by atoms with Crippen LogP contribution >= 0.6 is 0 Å². The SMILES string of the molecule is COC(=O)c1cc(-c2ccc(C(OC)OC)cc2)cn2ncnc12. The van der Waals surface area contributed by atoms with Gasteiger partial charge in [-0.15, -0.1) is 0 Å². The van der Waals surface area contributed by atoms with Crippen LogP contribution in [0, 0.1) is 0 Å². The first kappa shape index (κ1) is 16.1. The zero-order chi connectivity index (χ0) is 17.1. The Morgan fingerprint density at radius 3 is 2.42 bits per heavy atom. The predicted molar refractivity (Wildman–Crippen MR) is 86.5 cm³/mol. The molecule has 124 valence electrons. The molecule has 0 aliphatic heterocycles. The van der Waals surface area contributed by atoms with E-state index in [1.54, 1.807) is 24.8 Å². The molecule has 0 unspecified atom stereocenters. The third-order valence-electron chi connectivity index (χ3n) is 3.72. The first-order chi connectivity index (χ1) is 11.7. The molecule has 0 radical (unpaired) electrons. The number of esters is 1. The third kappa shape index (κ3) is 2.86. The van der Waals surface area contributed by atoms with E-state index in [1.165, 1.54) is 13.4 Å². The monoisotopic (exact) mass is 327 g/mol. The second-order valence-corrected chi connectivity index (χ2v) is 5.09. The Hall–Kier alpha value is -2.77. The quantitative estimate of drug-likeness (QED) is 0.529. The van der Waals surface area contributed by atoms with Crippen LogP contribution in [0.15, 0.2) is 42.9 Å². The van der Waals surface area contributed by atoms with Gasteiger partial charge in [-0.05, 0) is 11.6 Å². The van der Waals surface area contributed by atoms with E-state index in [2.05, 4.69) is 10.1 Å². The van der Waals surface area contributed by atoms with Crippen molar-refractivity contribution in [2.45, 2.75) is 6.29 Å². The topological polar surface area (TPSA) is 75.0 Å². The number of rotatable bonds is 5. The molecule has 1 aromatic carbocycles. The molecule has 2 heterocycles. The lowest BCUT2D eigenvalue weighted by Gasteiger charge is -2.14. The van der Waals surface area contributed by atoms with Gasteiger partial charge in [-0.3, -0.25) is 0 Å². The van der Waals surface area contributed by atoms with Gasteiger partial charge in [0.1, 0.15) is 11.9 Å². The van der Waals surface area contributed by atoms with Crippen LogP contribution in [-0.2, 0) is 14.2 Å². The Kier molecular flexibility index (Phi) is 4.54. The fourth-order valence-corrected chi connectivity index (χ4v) is 2.55. The number of methoxy groups -OCH3 is 3. The Morgan fingerprint density at radius 1 is 1.08 bits per heavy atom. The third-order valence-corrected chi connectivity index (χ3v) is 3.72. The van der Waals surface area contributed by atoms with Gasteiger partial charge >= 0.3 is 5.97 Å². The van der Waals surface area contributed by atoms with Gasteiger partial charge in [0, 0.05) is 31.5 Å². The normalized spacial score (nSPS) is 11.2. The minimum atomic E-state index is -0.453. The molecule has 0 aliphatic carbocycles. The summed E-state index contributed by atoms with van der Waals surface area (Å²) >= 11 is 0. The molecule has 0 fully saturated rings. The van der Waals surface area contributed by atoms with Crippen molar-refractivity contribution in [3.05, 3.63) is 54.0 Å². The van der Waals surface area contributed by atoms with Crippen LogP contribution in [0.4, 0.5) is 0 Å². The predicted octanol–water partition coefficient (Wildman–Crippen LogP) is 2.47. The van der Waals surface area contributed by atoms with E-state index < -0.39 is 12.3 Å². The van der Waals surface area contributed by atoms with E-state index in [9.17, 15) is 4.79 Å². The minimum Gasteiger partial charge on any atom is -0.465 e. The summed E-state index contributed by atoms with van der Waals surface area (Å²) in [6.07, 6.45) is 2.80. The van der Waals surface area contributed by atoms with Gasteiger partial charge in [0.05, 0.1) is 7.11 Å². The molecule has 0 spiro atoms. The van der Waals surface area contributed by atoms with Crippen molar-refractivity contribution in [1.82, 2.24) is 14.6 Å². The van der Waals surface area contributed by atoms with Crippen molar-refractivity contribution in [2.24, 2.45) is 0 Å². The highest BCUT2D eigenvalue weighted by molar-refractivity contribution is 5.97. The Morgan fingerprint density at radius 2 is 1.79 bits per heavy atom. The molecule has 0 atom stereocenters. The van der Waals surface area contributed by atoms with Gasteiger partial charge < -0.3 is 14.2 Å². The molecule has 3 rings (SSSR count). The average Bonchev–Trinajstić information content (AvgIpc) is 3.10. The molecule has 0 aliphatic rings. The average molecular weight is 327 g/mol. The van der Waals surface area contributed by atoms with E-state index in [0.29, 0.717) is 11.2 Å². The number of carbonyl (C=O) groups excluding carboxylic acids is 1. The van der Waals surface area contributed by atoms with Crippen LogP contribution in [-0.4, -0.2) is 41.9 Å². The fraction of sp³-hybridized carbons (Fsp3) is 0.235. The first-order valence-electron chi connectivity index (χ1n) is 7.25. The molecule has 3 aromatic rings. The fourth-order valence-electron chi connectivity index (χ4n) is 2.55. The van der Waals surface area contributed by atoms with E-state index in [-0.39, 0.29) is 0 Å². The lowest BCUT2D eigenvalue weighted by molar-refractivity contribution is -0.106. The van der Waals surface area contributed by atoms with Crippen LogP contribution in [0.3, 0.4) is 0 Å². The largest absolute Gasteiger partial charge is 0.465 e. The van der Waals surface area contributed by atoms with Crippen molar-refractivity contribution in [1.29, 1.82) is 0 Å². The smallest absolute Gasteiger partial charge is 0.341 e. The highest BCUT2D eigenvalue weighted by atomic mass is 16.7. The van der Waals surface area contributed by atoms with E-state index in [0.717, 1.165) is 16.7 Å². The zero-order valence-electron chi connectivity index (χ0n) is 13.6. The maximum Gasteiger partial charge on any atom is 0.341 e. The second kappa shape index (κ2) is 6.77. The van der Waals surface area contributed by atoms with Crippen LogP contribution < -0.4 is 0 Å². The molecule has 0 bridgehead atoms. The van der Waals surface area contributed by atoms with Crippen LogP contribution in [0.5, 0.6) is 0 Å². The summed E-state index contributed by atoms with van der Waals surface area (Å²) in [4.78, 5) is 16.1. The van der Waals surface area contributed by atoms with Crippen LogP contribution in [0.25, 0.3) is 16.8 Å². The Labute approximate surface area is 138 Å². The first-order valence-corrected chi connectivity index (χ1v) is 7.25. The number of aromatic nitrogens is 3. The van der Waals surface area contributed by atoms with E-state index in [1.807, 2.05) is 30.5 Å². The maximum atomic E-state index is 12.0. The summed E-state index contributed by atoms with van der Waals surface area (Å²) < 4.78 is 16.9. The molecule has 2 aromatic heterocycles. The molecule has 0 saturated carbocycles. The summed E-state index contributed by atoms with van der Waals surface area (Å²) in [6.45, 7) is 0. The summed E-state index contributed by atoms with van der Waals surface area (Å²) in [5.41, 5.74) is 3.47. The standard InChI is InChI=1S/C17H17N3O4/c1-22-16(21)14-8-13(9-20-15(14)18-10-19-20)11-4-6-12(7-5-11)17(23-2)24-3/h4-10,17H,1-3H3. The van der Waals surface area contributed by atoms with Crippen LogP contribution in [0.1, 0.15) is 22.2 Å². The molecular formula is C17H17N3O4. The number of benzene rings is 1. The number of pyridine rings is 1. The summed E-state index contributed by atoms with van der Waals surface area (Å²) in [5.74, 6) is -0.453. The number of fused-ring (bicyclic) bond motifs is 1. The number of hydrogen-bond donors (Lipinski definition) is 0. The molecule has 0 N–H and O–H groups in total. The summed E-state index contributed by atoms with van der Waals surface area (Å²) in [6, 6.07) is 9.43. The highest BCUT2D eigenvalue weighted by Crippen LogP contribution is 2.25. The lowest BCUT2D eigenvalue weighted by Crippen LogP contribution is -2.06. The summed E-state index contributed by atoms with van der Waals surface area (Å²) in [7, 11) is 4.51. The molecule has 0 saturated heterocycles. The number of ether oxygens (including phenoxy) is 3. The van der Waals surface area contributed by atoms with Crippen molar-refractivity contribution < 1.29 is 19.0 Å². The van der Waals surface area contributed by atoms with Gasteiger partial charge in [0.15, 0.2) is 11.9 Å². The van der Waals surface area contributed by atoms with Crippen LogP contribution in [0.2, 0.25) is 0 Å². The van der Waals surface area contributed by atoms with Gasteiger partial charge in [0.25, 0.3) is 0 Å². The van der Waals surface area contributed by atoms with E-state index in [4.69, 9.17) is 14.2 Å². The van der Waals surface area contributed by atoms with Gasteiger partial charge in [-0.1, -0.05) is 24.3 Å². The number of carbonyl (C=O) groups is 1. The van der Waals surface area contributed by atoms with Gasteiger partial charge in [-0.2, -0.15) is 5.10 Å². The molecular weight excluding hydrogens is 310 g/mol. The van der Waals surface area contributed by atoms with Gasteiger partial charge in [0.2, 0.25) is 0 Å². The Balaban J connectivity index is 2.04. The maximum absolute atomic E-state index is 12.0. The minimum absolute atomic E-state index is 0.364. The van der Waals surface area contributed by atoms with E-state index >= 15 is 0 Å². The Bertz CT molecular complexity index is 854.